The first kappa shape index (κ1) is 25.4. The summed E-state index contributed by atoms with van der Waals surface area (Å²) in [6, 6.07) is 10.3. The third kappa shape index (κ3) is 5.92. The molecule has 2 aliphatic heterocycles. The standard InChI is InChI=1S/C24H22Cl2N2O6S/c1-32-19-6-5-15(11-20(19)34-14-16-17(25)3-2-4-18(16)26)12-21-23(30)28(24(31)35-21)13-22(29)27-7-9-33-10-8-27/h2-6,11-12H,7-10,13-14H2,1H3/b21-12-. The van der Waals surface area contributed by atoms with Crippen LogP contribution in [-0.2, 0) is 20.9 Å². The third-order valence-corrected chi connectivity index (χ3v) is 7.07. The van der Waals surface area contributed by atoms with Gasteiger partial charge in [-0.3, -0.25) is 19.3 Å². The highest BCUT2D eigenvalue weighted by Crippen LogP contribution is 2.35. The molecule has 0 bridgehead atoms. The Hall–Kier alpha value is -2.72. The first-order valence-corrected chi connectivity index (χ1v) is 12.3. The molecule has 0 aliphatic carbocycles. The maximum atomic E-state index is 12.9. The van der Waals surface area contributed by atoms with Crippen molar-refractivity contribution < 1.29 is 28.6 Å². The minimum atomic E-state index is -0.511. The summed E-state index contributed by atoms with van der Waals surface area (Å²) in [5.74, 6) is 0.103. The van der Waals surface area contributed by atoms with Crippen molar-refractivity contribution in [3.63, 3.8) is 0 Å². The molecule has 0 atom stereocenters. The molecule has 0 aromatic heterocycles. The minimum absolute atomic E-state index is 0.110. The number of thioether (sulfide) groups is 1. The summed E-state index contributed by atoms with van der Waals surface area (Å²) in [6.45, 7) is 1.59. The first-order chi connectivity index (χ1) is 16.9. The molecule has 8 nitrogen and oxygen atoms in total. The summed E-state index contributed by atoms with van der Waals surface area (Å²) < 4.78 is 16.5. The average molecular weight is 537 g/mol. The molecular weight excluding hydrogens is 515 g/mol. The molecule has 4 rings (SSSR count). The second kappa shape index (κ2) is 11.3. The van der Waals surface area contributed by atoms with Crippen molar-refractivity contribution in [3.05, 3.63) is 62.5 Å². The van der Waals surface area contributed by atoms with Gasteiger partial charge in [0.05, 0.1) is 25.2 Å². The SMILES string of the molecule is COc1ccc(/C=C2\SC(=O)N(CC(=O)N3CCOCC3)C2=O)cc1OCc1c(Cl)cccc1Cl. The lowest BCUT2D eigenvalue weighted by molar-refractivity contribution is -0.139. The van der Waals surface area contributed by atoms with Gasteiger partial charge in [0, 0.05) is 28.7 Å². The maximum Gasteiger partial charge on any atom is 0.294 e. The zero-order valence-corrected chi connectivity index (χ0v) is 21.1. The fourth-order valence-electron chi connectivity index (χ4n) is 3.55. The van der Waals surface area contributed by atoms with Crippen LogP contribution in [0.2, 0.25) is 10.0 Å². The van der Waals surface area contributed by atoms with E-state index in [-0.39, 0.29) is 24.0 Å². The Morgan fingerprint density at radius 3 is 2.51 bits per heavy atom. The molecule has 11 heteroatoms. The van der Waals surface area contributed by atoms with Crippen LogP contribution in [0.25, 0.3) is 6.08 Å². The van der Waals surface area contributed by atoms with Crippen LogP contribution in [-0.4, -0.2) is 66.8 Å². The van der Waals surface area contributed by atoms with Gasteiger partial charge in [-0.1, -0.05) is 35.3 Å². The molecule has 184 valence electrons. The number of halogens is 2. The number of hydrogen-bond donors (Lipinski definition) is 0. The van der Waals surface area contributed by atoms with Gasteiger partial charge in [0.1, 0.15) is 13.2 Å². The Bertz CT molecular complexity index is 1160. The predicted molar refractivity (Wildman–Crippen MR) is 134 cm³/mol. The molecule has 2 heterocycles. The largest absolute Gasteiger partial charge is 0.493 e. The van der Waals surface area contributed by atoms with Gasteiger partial charge < -0.3 is 19.1 Å². The Morgan fingerprint density at radius 2 is 1.83 bits per heavy atom. The van der Waals surface area contributed by atoms with Gasteiger partial charge in [-0.15, -0.1) is 0 Å². The Kier molecular flexibility index (Phi) is 8.22. The summed E-state index contributed by atoms with van der Waals surface area (Å²) in [7, 11) is 1.52. The van der Waals surface area contributed by atoms with E-state index in [0.29, 0.717) is 59.0 Å². The number of hydrogen-bond acceptors (Lipinski definition) is 7. The summed E-state index contributed by atoms with van der Waals surface area (Å²) >= 11 is 13.2. The van der Waals surface area contributed by atoms with E-state index in [2.05, 4.69) is 0 Å². The van der Waals surface area contributed by atoms with Gasteiger partial charge in [0.15, 0.2) is 11.5 Å². The van der Waals surface area contributed by atoms with Crippen LogP contribution in [0.5, 0.6) is 11.5 Å². The zero-order chi connectivity index (χ0) is 24.9. The third-order valence-electron chi connectivity index (χ3n) is 5.45. The minimum Gasteiger partial charge on any atom is -0.493 e. The number of morpholine rings is 1. The lowest BCUT2D eigenvalue weighted by Gasteiger charge is -2.28. The number of ether oxygens (including phenoxy) is 3. The van der Waals surface area contributed by atoms with E-state index in [1.54, 1.807) is 47.4 Å². The summed E-state index contributed by atoms with van der Waals surface area (Å²) in [6.07, 6.45) is 1.58. The van der Waals surface area contributed by atoms with Crippen LogP contribution in [0, 0.1) is 0 Å². The average Bonchev–Trinajstić information content (AvgIpc) is 3.11. The van der Waals surface area contributed by atoms with E-state index < -0.39 is 11.1 Å². The van der Waals surface area contributed by atoms with Crippen LogP contribution in [0.4, 0.5) is 4.79 Å². The van der Waals surface area contributed by atoms with Gasteiger partial charge in [0.25, 0.3) is 11.1 Å². The van der Waals surface area contributed by atoms with Gasteiger partial charge in [-0.25, -0.2) is 0 Å². The van der Waals surface area contributed by atoms with Crippen LogP contribution in [0.3, 0.4) is 0 Å². The van der Waals surface area contributed by atoms with Crippen LogP contribution in [0.15, 0.2) is 41.3 Å². The fraction of sp³-hybridized carbons (Fsp3) is 0.292. The molecule has 2 saturated heterocycles. The van der Waals surface area contributed by atoms with Crippen molar-refractivity contribution >= 4 is 58.1 Å². The Balaban J connectivity index is 1.49. The smallest absolute Gasteiger partial charge is 0.294 e. The topological polar surface area (TPSA) is 85.4 Å². The van der Waals surface area contributed by atoms with Gasteiger partial charge in [-0.2, -0.15) is 0 Å². The van der Waals surface area contributed by atoms with E-state index >= 15 is 0 Å². The maximum absolute atomic E-state index is 12.9. The molecule has 3 amide bonds. The monoisotopic (exact) mass is 536 g/mol. The van der Waals surface area contributed by atoms with Crippen molar-refractivity contribution in [2.75, 3.05) is 40.0 Å². The number of benzene rings is 2. The highest BCUT2D eigenvalue weighted by Gasteiger charge is 2.37. The number of nitrogens with zero attached hydrogens (tertiary/aromatic N) is 2. The fourth-order valence-corrected chi connectivity index (χ4v) is 4.90. The van der Waals surface area contributed by atoms with Gasteiger partial charge >= 0.3 is 0 Å². The Morgan fingerprint density at radius 1 is 1.11 bits per heavy atom. The molecule has 2 fully saturated rings. The normalized spacial score (nSPS) is 17.3. The quantitative estimate of drug-likeness (QED) is 0.482. The van der Waals surface area contributed by atoms with E-state index in [1.807, 2.05) is 0 Å². The van der Waals surface area contributed by atoms with Gasteiger partial charge in [0.2, 0.25) is 5.91 Å². The van der Waals surface area contributed by atoms with Crippen molar-refractivity contribution in [3.8, 4) is 11.5 Å². The predicted octanol–water partition coefficient (Wildman–Crippen LogP) is 4.48. The van der Waals surface area contributed by atoms with Crippen molar-refractivity contribution in [2.45, 2.75) is 6.61 Å². The molecule has 0 radical (unpaired) electrons. The number of rotatable bonds is 7. The second-order valence-corrected chi connectivity index (χ2v) is 9.47. The van der Waals surface area contributed by atoms with Gasteiger partial charge in [-0.05, 0) is 47.7 Å². The highest BCUT2D eigenvalue weighted by atomic mass is 35.5. The molecule has 2 aromatic rings. The van der Waals surface area contributed by atoms with Crippen LogP contribution in [0.1, 0.15) is 11.1 Å². The van der Waals surface area contributed by atoms with E-state index in [9.17, 15) is 14.4 Å². The number of carbonyl (C=O) groups is 3. The zero-order valence-electron chi connectivity index (χ0n) is 18.8. The summed E-state index contributed by atoms with van der Waals surface area (Å²) in [5, 5.41) is 0.474. The van der Waals surface area contributed by atoms with E-state index in [1.165, 1.54) is 7.11 Å². The van der Waals surface area contributed by atoms with E-state index in [0.717, 1.165) is 16.7 Å². The van der Waals surface area contributed by atoms with Crippen LogP contribution < -0.4 is 9.47 Å². The molecule has 2 aromatic carbocycles. The number of carbonyl (C=O) groups excluding carboxylic acids is 3. The van der Waals surface area contributed by atoms with Crippen LogP contribution >= 0.6 is 35.0 Å². The molecule has 0 N–H and O–H groups in total. The molecule has 2 aliphatic rings. The first-order valence-electron chi connectivity index (χ1n) is 10.7. The molecule has 0 unspecified atom stereocenters. The molecule has 35 heavy (non-hydrogen) atoms. The molecular formula is C24H22Cl2N2O6S. The van der Waals surface area contributed by atoms with Crippen molar-refractivity contribution in [2.24, 2.45) is 0 Å². The molecule has 0 spiro atoms. The molecule has 0 saturated carbocycles. The van der Waals surface area contributed by atoms with Crippen molar-refractivity contribution in [1.29, 1.82) is 0 Å². The second-order valence-electron chi connectivity index (χ2n) is 7.66. The Labute approximate surface area is 216 Å². The van der Waals surface area contributed by atoms with Crippen molar-refractivity contribution in [1.82, 2.24) is 9.80 Å². The number of amides is 3. The van der Waals surface area contributed by atoms with E-state index in [4.69, 9.17) is 37.4 Å². The lowest BCUT2D eigenvalue weighted by Crippen LogP contribution is -2.46. The summed E-state index contributed by atoms with van der Waals surface area (Å²) in [4.78, 5) is 40.6. The number of imide groups is 1. The highest BCUT2D eigenvalue weighted by molar-refractivity contribution is 8.18. The lowest BCUT2D eigenvalue weighted by atomic mass is 10.1. The summed E-state index contributed by atoms with van der Waals surface area (Å²) in [5.41, 5.74) is 1.26. The number of methoxy groups -OCH3 is 1.